The molecule has 0 atom stereocenters. The summed E-state index contributed by atoms with van der Waals surface area (Å²) in [6.07, 6.45) is 1.58. The van der Waals surface area contributed by atoms with Gasteiger partial charge in [-0.15, -0.1) is 0 Å². The molecule has 128 valence electrons. The van der Waals surface area contributed by atoms with Gasteiger partial charge in [-0.1, -0.05) is 36.4 Å². The van der Waals surface area contributed by atoms with Gasteiger partial charge in [0.1, 0.15) is 11.5 Å². The summed E-state index contributed by atoms with van der Waals surface area (Å²) in [7, 11) is 1.12. The van der Waals surface area contributed by atoms with Gasteiger partial charge in [0.05, 0.1) is 14.2 Å². The normalized spacial score (nSPS) is 11.8. The first-order valence-corrected chi connectivity index (χ1v) is 8.87. The maximum atomic E-state index is 12.4. The zero-order chi connectivity index (χ0) is 17.6. The highest BCUT2D eigenvalue weighted by atomic mass is 32.2. The molecule has 0 fully saturated rings. The third kappa shape index (κ3) is 4.59. The number of rotatable bonds is 7. The molecule has 0 spiro atoms. The lowest BCUT2D eigenvalue weighted by atomic mass is 10.2. The first-order chi connectivity index (χ1) is 11.5. The number of sulfonamides is 1. The van der Waals surface area contributed by atoms with Gasteiger partial charge in [-0.05, 0) is 17.7 Å². The maximum Gasteiger partial charge on any atom is 0.236 e. The molecule has 5 nitrogen and oxygen atoms in total. The summed E-state index contributed by atoms with van der Waals surface area (Å²) in [6, 6.07) is 14.6. The largest absolute Gasteiger partial charge is 0.497 e. The van der Waals surface area contributed by atoms with Crippen LogP contribution in [0.4, 0.5) is 0 Å². The van der Waals surface area contributed by atoms with E-state index in [0.29, 0.717) is 11.5 Å². The average molecular weight is 347 g/mol. The smallest absolute Gasteiger partial charge is 0.236 e. The van der Waals surface area contributed by atoms with E-state index in [0.717, 1.165) is 11.1 Å². The first-order valence-electron chi connectivity index (χ1n) is 7.36. The molecule has 0 N–H and O–H groups in total. The van der Waals surface area contributed by atoms with E-state index >= 15 is 0 Å². The molecular weight excluding hydrogens is 326 g/mol. The Morgan fingerprint density at radius 1 is 1.04 bits per heavy atom. The fourth-order valence-electron chi connectivity index (χ4n) is 2.14. The molecule has 0 amide bonds. The first kappa shape index (κ1) is 18.0. The van der Waals surface area contributed by atoms with Crippen LogP contribution in [0.25, 0.3) is 6.08 Å². The second kappa shape index (κ2) is 7.99. The van der Waals surface area contributed by atoms with Crippen LogP contribution >= 0.6 is 0 Å². The van der Waals surface area contributed by atoms with Crippen molar-refractivity contribution >= 4 is 16.1 Å². The van der Waals surface area contributed by atoms with Gasteiger partial charge in [0.15, 0.2) is 0 Å². The Labute approximate surface area is 143 Å². The minimum atomic E-state index is -3.53. The van der Waals surface area contributed by atoms with Gasteiger partial charge in [0.25, 0.3) is 0 Å². The van der Waals surface area contributed by atoms with Crippen LogP contribution in [-0.2, 0) is 16.6 Å². The number of methoxy groups -OCH3 is 2. The predicted molar refractivity (Wildman–Crippen MR) is 95.4 cm³/mol. The van der Waals surface area contributed by atoms with Crippen LogP contribution in [0.15, 0.2) is 53.9 Å². The Hall–Kier alpha value is -2.31. The van der Waals surface area contributed by atoms with Crippen LogP contribution in [0.2, 0.25) is 0 Å². The van der Waals surface area contributed by atoms with Crippen LogP contribution in [0.1, 0.15) is 11.1 Å². The molecule has 2 aromatic carbocycles. The van der Waals surface area contributed by atoms with E-state index in [1.165, 1.54) is 16.8 Å². The third-order valence-electron chi connectivity index (χ3n) is 3.55. The van der Waals surface area contributed by atoms with E-state index < -0.39 is 10.0 Å². The molecule has 0 unspecified atom stereocenters. The summed E-state index contributed by atoms with van der Waals surface area (Å²) >= 11 is 0. The summed E-state index contributed by atoms with van der Waals surface area (Å²) in [5, 5.41) is 1.21. The molecule has 0 aliphatic heterocycles. The molecule has 0 saturated carbocycles. The van der Waals surface area contributed by atoms with E-state index in [4.69, 9.17) is 9.47 Å². The van der Waals surface area contributed by atoms with Gasteiger partial charge in [0, 0.05) is 30.6 Å². The molecule has 0 aromatic heterocycles. The van der Waals surface area contributed by atoms with E-state index in [-0.39, 0.29) is 6.54 Å². The van der Waals surface area contributed by atoms with Crippen LogP contribution in [0, 0.1) is 0 Å². The van der Waals surface area contributed by atoms with E-state index in [1.807, 2.05) is 30.3 Å². The number of hydrogen-bond donors (Lipinski definition) is 0. The lowest BCUT2D eigenvalue weighted by molar-refractivity contribution is 0.384. The minimum absolute atomic E-state index is 0.203. The number of benzene rings is 2. The number of ether oxygens (including phenoxy) is 2. The van der Waals surface area contributed by atoms with Crippen molar-refractivity contribution in [3.8, 4) is 11.5 Å². The topological polar surface area (TPSA) is 55.8 Å². The molecule has 6 heteroatoms. The molecule has 0 saturated heterocycles. The van der Waals surface area contributed by atoms with Crippen LogP contribution in [0.5, 0.6) is 11.5 Å². The SMILES string of the molecule is COc1ccc(CN(C)S(=O)(=O)/C=C/c2ccccc2)c(OC)c1. The van der Waals surface area contributed by atoms with Gasteiger partial charge in [-0.25, -0.2) is 8.42 Å². The molecule has 0 radical (unpaired) electrons. The standard InChI is InChI=1S/C18H21NO4S/c1-19(14-16-9-10-17(22-2)13-18(16)23-3)24(20,21)12-11-15-7-5-4-6-8-15/h4-13H,14H2,1-3H3/b12-11+. The van der Waals surface area contributed by atoms with E-state index in [2.05, 4.69) is 0 Å². The van der Waals surface area contributed by atoms with Crippen molar-refractivity contribution in [1.29, 1.82) is 0 Å². The average Bonchev–Trinajstić information content (AvgIpc) is 2.61. The summed E-state index contributed by atoms with van der Waals surface area (Å²) in [6.45, 7) is 0.203. The monoisotopic (exact) mass is 347 g/mol. The quantitative estimate of drug-likeness (QED) is 0.772. The second-order valence-corrected chi connectivity index (χ2v) is 7.12. The molecule has 0 heterocycles. The molecule has 2 aromatic rings. The van der Waals surface area contributed by atoms with Gasteiger partial charge in [-0.3, -0.25) is 0 Å². The van der Waals surface area contributed by atoms with Crippen molar-refractivity contribution in [3.05, 3.63) is 65.1 Å². The Bertz CT molecular complexity index is 801. The van der Waals surface area contributed by atoms with Crippen molar-refractivity contribution in [2.45, 2.75) is 6.54 Å². The highest BCUT2D eigenvalue weighted by Crippen LogP contribution is 2.26. The van der Waals surface area contributed by atoms with Crippen molar-refractivity contribution in [1.82, 2.24) is 4.31 Å². The van der Waals surface area contributed by atoms with Crippen molar-refractivity contribution in [3.63, 3.8) is 0 Å². The van der Waals surface area contributed by atoms with Gasteiger partial charge in [-0.2, -0.15) is 4.31 Å². The van der Waals surface area contributed by atoms with Gasteiger partial charge < -0.3 is 9.47 Å². The summed E-state index contributed by atoms with van der Waals surface area (Å²) < 4.78 is 36.5. The molecule has 0 aliphatic rings. The summed E-state index contributed by atoms with van der Waals surface area (Å²) in [5.74, 6) is 1.24. The molecule has 0 bridgehead atoms. The van der Waals surface area contributed by atoms with Crippen molar-refractivity contribution < 1.29 is 17.9 Å². The lowest BCUT2D eigenvalue weighted by Crippen LogP contribution is -2.24. The minimum Gasteiger partial charge on any atom is -0.497 e. The van der Waals surface area contributed by atoms with Crippen molar-refractivity contribution in [2.75, 3.05) is 21.3 Å². The predicted octanol–water partition coefficient (Wildman–Crippen LogP) is 3.14. The second-order valence-electron chi connectivity index (χ2n) is 5.19. The Morgan fingerprint density at radius 3 is 2.38 bits per heavy atom. The van der Waals surface area contributed by atoms with Gasteiger partial charge in [0.2, 0.25) is 10.0 Å². The Balaban J connectivity index is 2.16. The van der Waals surface area contributed by atoms with Crippen LogP contribution < -0.4 is 9.47 Å². The highest BCUT2D eigenvalue weighted by Gasteiger charge is 2.17. The van der Waals surface area contributed by atoms with Crippen LogP contribution in [-0.4, -0.2) is 34.0 Å². The lowest BCUT2D eigenvalue weighted by Gasteiger charge is -2.17. The van der Waals surface area contributed by atoms with Gasteiger partial charge >= 0.3 is 0 Å². The number of nitrogens with zero attached hydrogens (tertiary/aromatic N) is 1. The summed E-state index contributed by atoms with van der Waals surface area (Å²) in [4.78, 5) is 0. The highest BCUT2D eigenvalue weighted by molar-refractivity contribution is 7.92. The zero-order valence-electron chi connectivity index (χ0n) is 14.0. The molecule has 2 rings (SSSR count). The fourth-order valence-corrected chi connectivity index (χ4v) is 3.00. The number of hydrogen-bond acceptors (Lipinski definition) is 4. The molecule has 0 aliphatic carbocycles. The summed E-state index contributed by atoms with van der Waals surface area (Å²) in [5.41, 5.74) is 1.59. The van der Waals surface area contributed by atoms with E-state index in [9.17, 15) is 8.42 Å². The van der Waals surface area contributed by atoms with Crippen molar-refractivity contribution in [2.24, 2.45) is 0 Å². The zero-order valence-corrected chi connectivity index (χ0v) is 14.8. The molecular formula is C18H21NO4S. The fraction of sp³-hybridized carbons (Fsp3) is 0.222. The maximum absolute atomic E-state index is 12.4. The molecule has 24 heavy (non-hydrogen) atoms. The van der Waals surface area contributed by atoms with Crippen LogP contribution in [0.3, 0.4) is 0 Å². The Kier molecular flexibility index (Phi) is 6.00. The van der Waals surface area contributed by atoms with E-state index in [1.54, 1.807) is 38.5 Å². The Morgan fingerprint density at radius 2 is 1.75 bits per heavy atom. The third-order valence-corrected chi connectivity index (χ3v) is 5.03.